The average molecular weight is 340 g/mol. The maximum absolute atomic E-state index is 5.44. The molecule has 4 rings (SSSR count). The SMILES string of the molecule is c1cnc(N2CCN(CCCCc3ccc4c(c3)OCO4)CC2)nc1. The number of anilines is 1. The van der Waals surface area contributed by atoms with Gasteiger partial charge in [0.25, 0.3) is 0 Å². The first-order valence-corrected chi connectivity index (χ1v) is 9.01. The molecule has 1 aromatic carbocycles. The zero-order chi connectivity index (χ0) is 16.9. The fourth-order valence-corrected chi connectivity index (χ4v) is 3.39. The quantitative estimate of drug-likeness (QED) is 0.753. The molecule has 0 radical (unpaired) electrons. The first-order chi connectivity index (χ1) is 12.4. The monoisotopic (exact) mass is 340 g/mol. The van der Waals surface area contributed by atoms with Gasteiger partial charge >= 0.3 is 0 Å². The van der Waals surface area contributed by atoms with Gasteiger partial charge in [-0.05, 0) is 49.6 Å². The van der Waals surface area contributed by atoms with Crippen LogP contribution >= 0.6 is 0 Å². The lowest BCUT2D eigenvalue weighted by molar-refractivity contribution is 0.174. The van der Waals surface area contributed by atoms with Gasteiger partial charge in [0.2, 0.25) is 12.7 Å². The Labute approximate surface area is 148 Å². The summed E-state index contributed by atoms with van der Waals surface area (Å²) in [6.07, 6.45) is 7.13. The lowest BCUT2D eigenvalue weighted by atomic mass is 10.1. The molecule has 0 unspecified atom stereocenters. The standard InChI is InChI=1S/C19H24N4O2/c1(4-16-5-6-17-18(14-16)25-15-24-17)2-9-22-10-12-23(13-11-22)19-20-7-3-8-21-19/h3,5-8,14H,1-2,4,9-13,15H2. The third-order valence-electron chi connectivity index (χ3n) is 4.83. The number of hydrogen-bond donors (Lipinski definition) is 0. The van der Waals surface area contributed by atoms with Gasteiger partial charge in [-0.2, -0.15) is 0 Å². The third kappa shape index (κ3) is 4.02. The lowest BCUT2D eigenvalue weighted by Gasteiger charge is -2.34. The number of aromatic nitrogens is 2. The van der Waals surface area contributed by atoms with Crippen molar-refractivity contribution in [2.75, 3.05) is 44.4 Å². The van der Waals surface area contributed by atoms with Crippen LogP contribution in [0.4, 0.5) is 5.95 Å². The molecule has 0 amide bonds. The van der Waals surface area contributed by atoms with Crippen molar-refractivity contribution in [3.05, 3.63) is 42.2 Å². The third-order valence-corrected chi connectivity index (χ3v) is 4.83. The Kier molecular flexibility index (Phi) is 4.97. The summed E-state index contributed by atoms with van der Waals surface area (Å²) < 4.78 is 10.8. The molecule has 2 aliphatic rings. The summed E-state index contributed by atoms with van der Waals surface area (Å²) in [5.74, 6) is 2.60. The fraction of sp³-hybridized carbons (Fsp3) is 0.474. The smallest absolute Gasteiger partial charge is 0.231 e. The van der Waals surface area contributed by atoms with Crippen molar-refractivity contribution in [3.63, 3.8) is 0 Å². The van der Waals surface area contributed by atoms with E-state index in [-0.39, 0.29) is 0 Å². The van der Waals surface area contributed by atoms with Crippen molar-refractivity contribution in [1.82, 2.24) is 14.9 Å². The van der Waals surface area contributed by atoms with E-state index in [1.165, 1.54) is 18.4 Å². The van der Waals surface area contributed by atoms with Crippen LogP contribution in [0.25, 0.3) is 0 Å². The van der Waals surface area contributed by atoms with Gasteiger partial charge in [0.1, 0.15) is 0 Å². The Hall–Kier alpha value is -2.34. The Balaban J connectivity index is 1.16. The zero-order valence-electron chi connectivity index (χ0n) is 14.4. The number of unbranched alkanes of at least 4 members (excludes halogenated alkanes) is 1. The van der Waals surface area contributed by atoms with Crippen LogP contribution < -0.4 is 14.4 Å². The van der Waals surface area contributed by atoms with Crippen molar-refractivity contribution >= 4 is 5.95 Å². The number of ether oxygens (including phenoxy) is 2. The summed E-state index contributed by atoms with van der Waals surface area (Å²) in [5, 5.41) is 0. The number of fused-ring (bicyclic) bond motifs is 1. The normalized spacial score (nSPS) is 17.0. The summed E-state index contributed by atoms with van der Waals surface area (Å²) in [4.78, 5) is 13.5. The highest BCUT2D eigenvalue weighted by Crippen LogP contribution is 2.32. The van der Waals surface area contributed by atoms with Gasteiger partial charge in [-0.15, -0.1) is 0 Å². The largest absolute Gasteiger partial charge is 0.454 e. The van der Waals surface area contributed by atoms with E-state index in [2.05, 4.69) is 31.9 Å². The predicted molar refractivity (Wildman–Crippen MR) is 96.2 cm³/mol. The Bertz CT molecular complexity index is 687. The van der Waals surface area contributed by atoms with Gasteiger partial charge in [-0.1, -0.05) is 6.07 Å². The molecule has 2 aliphatic heterocycles. The van der Waals surface area contributed by atoms with Crippen LogP contribution in [-0.2, 0) is 6.42 Å². The molecule has 1 fully saturated rings. The molecule has 0 atom stereocenters. The summed E-state index contributed by atoms with van der Waals surface area (Å²) >= 11 is 0. The van der Waals surface area contributed by atoms with Crippen molar-refractivity contribution in [2.45, 2.75) is 19.3 Å². The highest BCUT2D eigenvalue weighted by atomic mass is 16.7. The van der Waals surface area contributed by atoms with Crippen molar-refractivity contribution in [1.29, 1.82) is 0 Å². The second-order valence-electron chi connectivity index (χ2n) is 6.52. The van der Waals surface area contributed by atoms with Gasteiger partial charge in [0, 0.05) is 38.6 Å². The highest BCUT2D eigenvalue weighted by Gasteiger charge is 2.18. The molecule has 25 heavy (non-hydrogen) atoms. The summed E-state index contributed by atoms with van der Waals surface area (Å²) in [6, 6.07) is 8.13. The van der Waals surface area contributed by atoms with Crippen LogP contribution in [0.15, 0.2) is 36.7 Å². The molecule has 6 heteroatoms. The van der Waals surface area contributed by atoms with Crippen LogP contribution in [0.3, 0.4) is 0 Å². The molecule has 0 spiro atoms. The number of rotatable bonds is 6. The molecule has 0 bridgehead atoms. The lowest BCUT2D eigenvalue weighted by Crippen LogP contribution is -2.47. The van der Waals surface area contributed by atoms with Gasteiger partial charge in [-0.3, -0.25) is 4.90 Å². The summed E-state index contributed by atoms with van der Waals surface area (Å²) in [6.45, 7) is 5.69. The molecule has 0 saturated carbocycles. The van der Waals surface area contributed by atoms with E-state index in [9.17, 15) is 0 Å². The summed E-state index contributed by atoms with van der Waals surface area (Å²) in [7, 11) is 0. The minimum Gasteiger partial charge on any atom is -0.454 e. The van der Waals surface area contributed by atoms with Crippen molar-refractivity contribution in [2.24, 2.45) is 0 Å². The molecule has 132 valence electrons. The summed E-state index contributed by atoms with van der Waals surface area (Å²) in [5.41, 5.74) is 1.33. The predicted octanol–water partition coefficient (Wildman–Crippen LogP) is 2.35. The van der Waals surface area contributed by atoms with E-state index in [0.717, 1.165) is 56.6 Å². The zero-order valence-corrected chi connectivity index (χ0v) is 14.4. The second-order valence-corrected chi connectivity index (χ2v) is 6.52. The molecule has 0 aliphatic carbocycles. The van der Waals surface area contributed by atoms with Crippen molar-refractivity contribution in [3.8, 4) is 11.5 Å². The number of nitrogens with zero attached hydrogens (tertiary/aromatic N) is 4. The molecule has 2 aromatic rings. The van der Waals surface area contributed by atoms with Gasteiger partial charge in [-0.25, -0.2) is 9.97 Å². The van der Waals surface area contributed by atoms with E-state index in [1.54, 1.807) is 0 Å². The van der Waals surface area contributed by atoms with Crippen LogP contribution in [0.1, 0.15) is 18.4 Å². The number of benzene rings is 1. The molecule has 6 nitrogen and oxygen atoms in total. The fourth-order valence-electron chi connectivity index (χ4n) is 3.39. The highest BCUT2D eigenvalue weighted by molar-refractivity contribution is 5.44. The minimum absolute atomic E-state index is 0.346. The van der Waals surface area contributed by atoms with Gasteiger partial charge in [0.15, 0.2) is 11.5 Å². The number of hydrogen-bond acceptors (Lipinski definition) is 6. The van der Waals surface area contributed by atoms with Gasteiger partial charge < -0.3 is 14.4 Å². The topological polar surface area (TPSA) is 50.7 Å². The van der Waals surface area contributed by atoms with Crippen LogP contribution in [0.5, 0.6) is 11.5 Å². The van der Waals surface area contributed by atoms with E-state index in [0.29, 0.717) is 6.79 Å². The average Bonchev–Trinajstić information content (AvgIpc) is 3.14. The number of piperazine rings is 1. The molecular weight excluding hydrogens is 316 g/mol. The minimum atomic E-state index is 0.346. The molecular formula is C19H24N4O2. The Morgan fingerprint density at radius 1 is 0.920 bits per heavy atom. The Morgan fingerprint density at radius 2 is 1.72 bits per heavy atom. The molecule has 0 N–H and O–H groups in total. The van der Waals surface area contributed by atoms with Crippen LogP contribution in [0, 0.1) is 0 Å². The van der Waals surface area contributed by atoms with E-state index < -0.39 is 0 Å². The van der Waals surface area contributed by atoms with Gasteiger partial charge in [0.05, 0.1) is 0 Å². The Morgan fingerprint density at radius 3 is 2.56 bits per heavy atom. The first kappa shape index (κ1) is 16.1. The van der Waals surface area contributed by atoms with E-state index in [1.807, 2.05) is 24.5 Å². The van der Waals surface area contributed by atoms with E-state index in [4.69, 9.17) is 9.47 Å². The van der Waals surface area contributed by atoms with E-state index >= 15 is 0 Å². The number of aryl methyl sites for hydroxylation is 1. The second kappa shape index (κ2) is 7.70. The van der Waals surface area contributed by atoms with Crippen LogP contribution in [0.2, 0.25) is 0 Å². The maximum Gasteiger partial charge on any atom is 0.231 e. The molecule has 3 heterocycles. The molecule has 1 aromatic heterocycles. The first-order valence-electron chi connectivity index (χ1n) is 9.01. The maximum atomic E-state index is 5.44. The van der Waals surface area contributed by atoms with Crippen LogP contribution in [-0.4, -0.2) is 54.4 Å². The molecule has 1 saturated heterocycles. The van der Waals surface area contributed by atoms with Crippen molar-refractivity contribution < 1.29 is 9.47 Å².